The molecule has 0 saturated carbocycles. The van der Waals surface area contributed by atoms with Crippen molar-refractivity contribution in [2.24, 2.45) is 5.92 Å². The van der Waals surface area contributed by atoms with Crippen LogP contribution in [0.1, 0.15) is 42.7 Å². The first-order valence-corrected chi connectivity index (χ1v) is 16.0. The highest BCUT2D eigenvalue weighted by atomic mass is 35.5. The van der Waals surface area contributed by atoms with E-state index in [0.717, 1.165) is 70.6 Å². The zero-order chi connectivity index (χ0) is 29.1. The third-order valence-corrected chi connectivity index (χ3v) is 10.0. The molecule has 3 aliphatic rings. The lowest BCUT2D eigenvalue weighted by atomic mass is 9.87. The van der Waals surface area contributed by atoms with Crippen molar-refractivity contribution < 1.29 is 14.6 Å². The second kappa shape index (κ2) is 13.4. The molecular weight excluding hydrogens is 571 g/mol. The Kier molecular flexibility index (Phi) is 9.41. The zero-order valence-electron chi connectivity index (χ0n) is 24.0. The minimum Gasteiger partial charge on any atom is -0.392 e. The average molecular weight is 612 g/mol. The molecule has 6 rings (SSSR count). The fourth-order valence-corrected chi connectivity index (χ4v) is 7.03. The van der Waals surface area contributed by atoms with Crippen LogP contribution in [0.5, 0.6) is 0 Å². The van der Waals surface area contributed by atoms with Gasteiger partial charge >= 0.3 is 0 Å². The van der Waals surface area contributed by atoms with Gasteiger partial charge in [0.2, 0.25) is 5.91 Å². The maximum atomic E-state index is 12.7. The van der Waals surface area contributed by atoms with Crippen molar-refractivity contribution >= 4 is 51.8 Å². The van der Waals surface area contributed by atoms with E-state index in [4.69, 9.17) is 27.9 Å². The Morgan fingerprint density at radius 3 is 2.48 bits per heavy atom. The van der Waals surface area contributed by atoms with E-state index >= 15 is 0 Å². The van der Waals surface area contributed by atoms with Gasteiger partial charge in [0.25, 0.3) is 0 Å². The number of anilines is 1. The molecule has 7 nitrogen and oxygen atoms in total. The molecule has 0 bridgehead atoms. The average Bonchev–Trinajstić information content (AvgIpc) is 3.46. The predicted octanol–water partition coefficient (Wildman–Crippen LogP) is 5.80. The van der Waals surface area contributed by atoms with Gasteiger partial charge < -0.3 is 29.5 Å². The topological polar surface area (TPSA) is 72.0 Å². The number of rotatable bonds is 7. The molecule has 0 radical (unpaired) electrons. The molecule has 3 aliphatic heterocycles. The number of fused-ring (bicyclic) bond motifs is 1. The lowest BCUT2D eigenvalue weighted by Gasteiger charge is -2.37. The molecule has 1 unspecified atom stereocenters. The molecule has 9 heteroatoms. The minimum atomic E-state index is -0.366. The molecule has 3 saturated heterocycles. The Morgan fingerprint density at radius 1 is 0.976 bits per heavy atom. The van der Waals surface area contributed by atoms with E-state index in [1.165, 1.54) is 22.2 Å². The smallest absolute Gasteiger partial charge is 0.246 e. The number of nitrogens with one attached hydrogen (secondary N) is 1. The number of aromatic nitrogens is 1. The van der Waals surface area contributed by atoms with Gasteiger partial charge in [0.15, 0.2) is 0 Å². The lowest BCUT2D eigenvalue weighted by Crippen LogP contribution is -2.45. The molecule has 1 amide bonds. The van der Waals surface area contributed by atoms with E-state index in [9.17, 15) is 9.90 Å². The van der Waals surface area contributed by atoms with Gasteiger partial charge in [0, 0.05) is 61.6 Å². The number of aliphatic hydroxyl groups is 1. The second-order valence-electron chi connectivity index (χ2n) is 11.9. The monoisotopic (exact) mass is 610 g/mol. The molecule has 1 atom stereocenters. The third kappa shape index (κ3) is 6.81. The van der Waals surface area contributed by atoms with Crippen LogP contribution in [-0.4, -0.2) is 90.9 Å². The van der Waals surface area contributed by atoms with Gasteiger partial charge in [-0.05, 0) is 98.1 Å². The van der Waals surface area contributed by atoms with Crippen LogP contribution in [0, 0.1) is 5.92 Å². The Morgan fingerprint density at radius 2 is 1.74 bits per heavy atom. The standard InChI is InChI=1S/C33H40Cl2N4O3/c34-29-4-1-23(19-30(29)35)2-6-33(41)39-13-9-25(10-14-39)32(40)22-37-11-7-24(8-12-37)28-21-36-31-5-3-26(20-27(28)31)38-15-17-42-18-16-38/h1-6,19-21,24-25,32,36,40H,7-18,22H2/b6-2+. The number of ether oxygens (including phenoxy) is 1. The van der Waals surface area contributed by atoms with Crippen molar-refractivity contribution in [3.05, 3.63) is 69.8 Å². The number of hydrogen-bond donors (Lipinski definition) is 2. The summed E-state index contributed by atoms with van der Waals surface area (Å²) in [6.07, 6.45) is 9.05. The van der Waals surface area contributed by atoms with Gasteiger partial charge in [-0.25, -0.2) is 0 Å². The summed E-state index contributed by atoms with van der Waals surface area (Å²) in [6.45, 7) is 7.50. The number of β-amino-alcohol motifs (C(OH)–C–C–N with tert-alkyl or cyclic N) is 1. The summed E-state index contributed by atoms with van der Waals surface area (Å²) in [7, 11) is 0. The van der Waals surface area contributed by atoms with Crippen LogP contribution >= 0.6 is 23.2 Å². The fourth-order valence-electron chi connectivity index (χ4n) is 6.72. The number of morpholine rings is 1. The second-order valence-corrected chi connectivity index (χ2v) is 12.7. The molecule has 3 aromatic rings. The van der Waals surface area contributed by atoms with E-state index in [0.29, 0.717) is 35.6 Å². The Hall–Kier alpha value is -2.55. The van der Waals surface area contributed by atoms with E-state index in [1.54, 1.807) is 24.3 Å². The summed E-state index contributed by atoms with van der Waals surface area (Å²) in [5, 5.41) is 13.4. The summed E-state index contributed by atoms with van der Waals surface area (Å²) in [4.78, 5) is 22.9. The number of aliphatic hydroxyl groups excluding tert-OH is 1. The number of halogens is 2. The van der Waals surface area contributed by atoms with Crippen molar-refractivity contribution in [1.29, 1.82) is 0 Å². The first-order chi connectivity index (χ1) is 20.4. The van der Waals surface area contributed by atoms with Crippen molar-refractivity contribution in [3.8, 4) is 0 Å². The first kappa shape index (κ1) is 29.5. The highest BCUT2D eigenvalue weighted by Gasteiger charge is 2.30. The number of amides is 1. The number of hydrogen-bond acceptors (Lipinski definition) is 5. The largest absolute Gasteiger partial charge is 0.392 e. The van der Waals surface area contributed by atoms with Gasteiger partial charge in [0.05, 0.1) is 29.4 Å². The summed E-state index contributed by atoms with van der Waals surface area (Å²) in [6, 6.07) is 12.1. The summed E-state index contributed by atoms with van der Waals surface area (Å²) in [5.41, 5.74) is 4.75. The highest BCUT2D eigenvalue weighted by Crippen LogP contribution is 2.35. The number of carbonyl (C=O) groups excluding carboxylic acids is 1. The molecule has 2 aromatic carbocycles. The normalized spacial score (nSPS) is 20.5. The number of benzene rings is 2. The predicted molar refractivity (Wildman–Crippen MR) is 171 cm³/mol. The highest BCUT2D eigenvalue weighted by molar-refractivity contribution is 6.42. The number of aromatic amines is 1. The molecule has 2 N–H and O–H groups in total. The van der Waals surface area contributed by atoms with Crippen LogP contribution in [0.3, 0.4) is 0 Å². The number of carbonyl (C=O) groups is 1. The number of likely N-dealkylation sites (tertiary alicyclic amines) is 2. The van der Waals surface area contributed by atoms with Gasteiger partial charge in [-0.2, -0.15) is 0 Å². The number of H-pyrrole nitrogens is 1. The molecule has 3 fully saturated rings. The summed E-state index contributed by atoms with van der Waals surface area (Å²) >= 11 is 12.1. The van der Waals surface area contributed by atoms with E-state index in [1.807, 2.05) is 11.0 Å². The molecular formula is C33H40Cl2N4O3. The minimum absolute atomic E-state index is 0.00886. The van der Waals surface area contributed by atoms with E-state index in [-0.39, 0.29) is 17.9 Å². The molecule has 4 heterocycles. The summed E-state index contributed by atoms with van der Waals surface area (Å²) < 4.78 is 5.54. The van der Waals surface area contributed by atoms with Crippen molar-refractivity contribution in [1.82, 2.24) is 14.8 Å². The number of piperidine rings is 2. The van der Waals surface area contributed by atoms with E-state index < -0.39 is 0 Å². The van der Waals surface area contributed by atoms with Crippen LogP contribution < -0.4 is 4.90 Å². The maximum absolute atomic E-state index is 12.7. The molecule has 1 aromatic heterocycles. The number of nitrogens with zero attached hydrogens (tertiary/aromatic N) is 3. The van der Waals surface area contributed by atoms with Crippen molar-refractivity contribution in [2.75, 3.05) is 63.9 Å². The van der Waals surface area contributed by atoms with Crippen LogP contribution in [0.4, 0.5) is 5.69 Å². The first-order valence-electron chi connectivity index (χ1n) is 15.2. The maximum Gasteiger partial charge on any atom is 0.246 e. The Balaban J connectivity index is 0.969. The molecule has 224 valence electrons. The molecule has 0 spiro atoms. The summed E-state index contributed by atoms with van der Waals surface area (Å²) in [5.74, 6) is 0.738. The Bertz CT molecular complexity index is 1400. The van der Waals surface area contributed by atoms with Gasteiger partial charge in [0.1, 0.15) is 0 Å². The fraction of sp³-hybridized carbons (Fsp3) is 0.485. The quantitative estimate of drug-likeness (QED) is 0.331. The van der Waals surface area contributed by atoms with Gasteiger partial charge in [-0.1, -0.05) is 29.3 Å². The van der Waals surface area contributed by atoms with Gasteiger partial charge in [-0.15, -0.1) is 0 Å². The van der Waals surface area contributed by atoms with Crippen LogP contribution in [0.2, 0.25) is 10.0 Å². The zero-order valence-corrected chi connectivity index (χ0v) is 25.5. The van der Waals surface area contributed by atoms with E-state index in [2.05, 4.69) is 39.2 Å². The molecule has 42 heavy (non-hydrogen) atoms. The van der Waals surface area contributed by atoms with Crippen molar-refractivity contribution in [2.45, 2.75) is 37.7 Å². The van der Waals surface area contributed by atoms with Crippen LogP contribution in [0.15, 0.2) is 48.7 Å². The Labute approximate surface area is 258 Å². The van der Waals surface area contributed by atoms with Crippen LogP contribution in [-0.2, 0) is 9.53 Å². The third-order valence-electron chi connectivity index (χ3n) is 9.30. The van der Waals surface area contributed by atoms with Crippen LogP contribution in [0.25, 0.3) is 17.0 Å². The molecule has 0 aliphatic carbocycles. The SMILES string of the molecule is O=C(/C=C/c1ccc(Cl)c(Cl)c1)N1CCC(C(O)CN2CCC(c3c[nH]c4ccc(N5CCOCC5)cc34)CC2)CC1. The van der Waals surface area contributed by atoms with Crippen molar-refractivity contribution in [3.63, 3.8) is 0 Å². The van der Waals surface area contributed by atoms with Gasteiger partial charge in [-0.3, -0.25) is 4.79 Å². The lowest BCUT2D eigenvalue weighted by molar-refractivity contribution is -0.128.